The summed E-state index contributed by atoms with van der Waals surface area (Å²) in [6.07, 6.45) is 0.416. The molecular weight excluding hydrogens is 495 g/mol. The summed E-state index contributed by atoms with van der Waals surface area (Å²) in [7, 11) is 1.67. The van der Waals surface area contributed by atoms with Gasteiger partial charge in [0.15, 0.2) is 0 Å². The van der Waals surface area contributed by atoms with E-state index in [1.165, 1.54) is 6.07 Å². The summed E-state index contributed by atoms with van der Waals surface area (Å²) in [6, 6.07) is 20.4. The molecule has 6 rings (SSSR count). The number of aromatic nitrogens is 1. The second-order valence-corrected chi connectivity index (χ2v) is 10.6. The van der Waals surface area contributed by atoms with Crippen LogP contribution in [0.3, 0.4) is 0 Å². The zero-order chi connectivity index (χ0) is 27.1. The highest BCUT2D eigenvalue weighted by Crippen LogP contribution is 2.40. The van der Waals surface area contributed by atoms with E-state index >= 15 is 0 Å². The van der Waals surface area contributed by atoms with Gasteiger partial charge < -0.3 is 19.7 Å². The molecule has 0 aliphatic carbocycles. The molecule has 0 bridgehead atoms. The first-order valence-corrected chi connectivity index (χ1v) is 13.4. The number of H-pyrrole nitrogens is 1. The second-order valence-electron chi connectivity index (χ2n) is 10.6. The molecule has 202 valence electrons. The maximum Gasteiger partial charge on any atom is 0.321 e. The number of carbonyl (C=O) groups is 1. The number of carboxylic acid groups (broad SMARTS) is 1. The smallest absolute Gasteiger partial charge is 0.321 e. The SMILES string of the molecule is COc1ccc(C2(C)NC(C(=O)O)Cc3c2[nH]c2ccccc32)cc1CN1CCN(c2ccccc2F)CC1. The number of rotatable bonds is 6. The van der Waals surface area contributed by atoms with E-state index in [4.69, 9.17) is 4.74 Å². The summed E-state index contributed by atoms with van der Waals surface area (Å²) in [5.74, 6) is -0.260. The maximum absolute atomic E-state index is 14.3. The van der Waals surface area contributed by atoms with Gasteiger partial charge >= 0.3 is 5.97 Å². The number of anilines is 1. The minimum Gasteiger partial charge on any atom is -0.496 e. The average Bonchev–Trinajstić information content (AvgIpc) is 3.33. The van der Waals surface area contributed by atoms with Crippen LogP contribution in [0.1, 0.15) is 29.3 Å². The van der Waals surface area contributed by atoms with Gasteiger partial charge in [-0.15, -0.1) is 0 Å². The van der Waals surface area contributed by atoms with Crippen molar-refractivity contribution < 1.29 is 19.0 Å². The first-order chi connectivity index (χ1) is 18.9. The number of hydrogen-bond acceptors (Lipinski definition) is 5. The molecule has 8 heteroatoms. The van der Waals surface area contributed by atoms with Crippen LogP contribution in [0.5, 0.6) is 5.75 Å². The monoisotopic (exact) mass is 528 g/mol. The Labute approximate surface area is 227 Å². The maximum atomic E-state index is 14.3. The molecule has 0 saturated carbocycles. The lowest BCUT2D eigenvalue weighted by molar-refractivity contribution is -0.140. The number of para-hydroxylation sites is 2. The summed E-state index contributed by atoms with van der Waals surface area (Å²) in [6.45, 7) is 5.80. The summed E-state index contributed by atoms with van der Waals surface area (Å²) in [5.41, 5.74) is 4.96. The van der Waals surface area contributed by atoms with Gasteiger partial charge in [0.2, 0.25) is 0 Å². The number of nitrogens with one attached hydrogen (secondary N) is 2. The van der Waals surface area contributed by atoms with Crippen molar-refractivity contribution in [3.05, 3.63) is 94.9 Å². The van der Waals surface area contributed by atoms with E-state index in [1.54, 1.807) is 13.2 Å². The van der Waals surface area contributed by atoms with Crippen molar-refractivity contribution in [3.8, 4) is 5.75 Å². The van der Waals surface area contributed by atoms with Gasteiger partial charge in [-0.1, -0.05) is 36.4 Å². The van der Waals surface area contributed by atoms with Crippen molar-refractivity contribution >= 4 is 22.6 Å². The van der Waals surface area contributed by atoms with Gasteiger partial charge in [-0.25, -0.2) is 4.39 Å². The van der Waals surface area contributed by atoms with Crippen molar-refractivity contribution in [3.63, 3.8) is 0 Å². The van der Waals surface area contributed by atoms with Crippen molar-refractivity contribution in [2.45, 2.75) is 31.5 Å². The standard InChI is InChI=1S/C31H33FN4O3/c1-31(29-23(18-26(34-31)30(37)38)22-7-3-5-9-25(22)33-29)21-11-12-28(39-2)20(17-21)19-35-13-15-36(16-14-35)27-10-6-4-8-24(27)32/h3-12,17,26,33-34H,13-16,18-19H2,1-2H3,(H,37,38). The number of nitrogens with zero attached hydrogens (tertiary/aromatic N) is 2. The Kier molecular flexibility index (Phi) is 6.53. The first kappa shape index (κ1) is 25.4. The number of fused-ring (bicyclic) bond motifs is 3. The molecule has 2 unspecified atom stereocenters. The number of halogens is 1. The number of carboxylic acids is 1. The number of hydrogen-bond donors (Lipinski definition) is 3. The van der Waals surface area contributed by atoms with E-state index in [0.29, 0.717) is 18.7 Å². The topological polar surface area (TPSA) is 80.8 Å². The molecule has 3 aromatic carbocycles. The Morgan fingerprint density at radius 2 is 1.82 bits per heavy atom. The van der Waals surface area contributed by atoms with Crippen LogP contribution in [0.2, 0.25) is 0 Å². The van der Waals surface area contributed by atoms with Crippen molar-refractivity contribution in [1.29, 1.82) is 0 Å². The third-order valence-electron chi connectivity index (χ3n) is 8.30. The average molecular weight is 529 g/mol. The largest absolute Gasteiger partial charge is 0.496 e. The van der Waals surface area contributed by atoms with Gasteiger partial charge in [-0.3, -0.25) is 15.0 Å². The molecule has 3 N–H and O–H groups in total. The molecule has 2 atom stereocenters. The molecule has 39 heavy (non-hydrogen) atoms. The third-order valence-corrected chi connectivity index (χ3v) is 8.30. The minimum atomic E-state index is -0.862. The van der Waals surface area contributed by atoms with Gasteiger partial charge in [0.1, 0.15) is 17.6 Å². The number of aliphatic carboxylic acids is 1. The van der Waals surface area contributed by atoms with Crippen LogP contribution < -0.4 is 15.0 Å². The van der Waals surface area contributed by atoms with Gasteiger partial charge in [-0.05, 0) is 48.4 Å². The molecule has 2 aliphatic rings. The fraction of sp³-hybridized carbons (Fsp3) is 0.323. The molecule has 3 heterocycles. The van der Waals surface area contributed by atoms with Crippen LogP contribution in [0.15, 0.2) is 66.7 Å². The second kappa shape index (κ2) is 10.0. The van der Waals surface area contributed by atoms with Gasteiger partial charge in [-0.2, -0.15) is 0 Å². The summed E-state index contributed by atoms with van der Waals surface area (Å²) < 4.78 is 20.0. The molecule has 2 aliphatic heterocycles. The molecule has 0 radical (unpaired) electrons. The number of benzene rings is 3. The van der Waals surface area contributed by atoms with Gasteiger partial charge in [0.05, 0.1) is 18.3 Å². The number of aromatic amines is 1. The van der Waals surface area contributed by atoms with Crippen LogP contribution in [-0.2, 0) is 23.3 Å². The Morgan fingerprint density at radius 3 is 2.56 bits per heavy atom. The van der Waals surface area contributed by atoms with Gasteiger partial charge in [0, 0.05) is 61.3 Å². The van der Waals surface area contributed by atoms with E-state index in [9.17, 15) is 14.3 Å². The highest BCUT2D eigenvalue weighted by atomic mass is 19.1. The van der Waals surface area contributed by atoms with Crippen molar-refractivity contribution in [1.82, 2.24) is 15.2 Å². The zero-order valence-corrected chi connectivity index (χ0v) is 22.2. The Hall–Kier alpha value is -3.88. The number of methoxy groups -OCH3 is 1. The summed E-state index contributed by atoms with van der Waals surface area (Å²) in [5, 5.41) is 14.5. The highest BCUT2D eigenvalue weighted by Gasteiger charge is 2.42. The normalized spacial score (nSPS) is 21.6. The summed E-state index contributed by atoms with van der Waals surface area (Å²) in [4.78, 5) is 20.2. The van der Waals surface area contributed by atoms with Crippen LogP contribution in [0, 0.1) is 5.82 Å². The van der Waals surface area contributed by atoms with Crippen LogP contribution >= 0.6 is 0 Å². The third kappa shape index (κ3) is 4.53. The molecule has 0 spiro atoms. The highest BCUT2D eigenvalue weighted by molar-refractivity contribution is 5.87. The van der Waals surface area contributed by atoms with E-state index in [1.807, 2.05) is 42.5 Å². The van der Waals surface area contributed by atoms with Crippen molar-refractivity contribution in [2.75, 3.05) is 38.2 Å². The number of ether oxygens (including phenoxy) is 1. The molecule has 4 aromatic rings. The quantitative estimate of drug-likeness (QED) is 0.342. The minimum absolute atomic E-state index is 0.190. The molecule has 0 amide bonds. The molecule has 1 saturated heterocycles. The predicted octanol–water partition coefficient (Wildman–Crippen LogP) is 4.50. The van der Waals surface area contributed by atoms with E-state index < -0.39 is 17.6 Å². The number of piperazine rings is 1. The molecule has 1 aromatic heterocycles. The lowest BCUT2D eigenvalue weighted by Crippen LogP contribution is -2.54. The van der Waals surface area contributed by atoms with E-state index in [2.05, 4.69) is 39.2 Å². The molecule has 7 nitrogen and oxygen atoms in total. The fourth-order valence-corrected chi connectivity index (χ4v) is 6.20. The van der Waals surface area contributed by atoms with E-state index in [0.717, 1.165) is 65.2 Å². The lowest BCUT2D eigenvalue weighted by Gasteiger charge is -2.39. The Morgan fingerprint density at radius 1 is 1.08 bits per heavy atom. The van der Waals surface area contributed by atoms with Crippen molar-refractivity contribution in [2.24, 2.45) is 0 Å². The lowest BCUT2D eigenvalue weighted by atomic mass is 9.79. The summed E-state index contributed by atoms with van der Waals surface area (Å²) >= 11 is 0. The van der Waals surface area contributed by atoms with Gasteiger partial charge in [0.25, 0.3) is 0 Å². The molecular formula is C31H33FN4O3. The zero-order valence-electron chi connectivity index (χ0n) is 22.2. The Bertz CT molecular complexity index is 1530. The van der Waals surface area contributed by atoms with Crippen LogP contribution in [-0.4, -0.2) is 60.3 Å². The predicted molar refractivity (Wildman–Crippen MR) is 150 cm³/mol. The van der Waals surface area contributed by atoms with E-state index in [-0.39, 0.29) is 5.82 Å². The van der Waals surface area contributed by atoms with Crippen LogP contribution in [0.4, 0.5) is 10.1 Å². The first-order valence-electron chi connectivity index (χ1n) is 13.4. The fourth-order valence-electron chi connectivity index (χ4n) is 6.20. The molecule has 1 fully saturated rings. The van der Waals surface area contributed by atoms with Crippen LogP contribution in [0.25, 0.3) is 10.9 Å². The Balaban J connectivity index is 1.30.